The van der Waals surface area contributed by atoms with Gasteiger partial charge in [-0.15, -0.1) is 0 Å². The summed E-state index contributed by atoms with van der Waals surface area (Å²) in [6, 6.07) is 21.4. The van der Waals surface area contributed by atoms with Gasteiger partial charge in [-0.1, -0.05) is 60.3 Å². The molecular weight excluding hydrogens is 444 g/mol. The molecule has 0 radical (unpaired) electrons. The van der Waals surface area contributed by atoms with Crippen LogP contribution in [0.4, 0.5) is 5.69 Å². The van der Waals surface area contributed by atoms with Crippen LogP contribution in [0, 0.1) is 20.8 Å². The van der Waals surface area contributed by atoms with Crippen LogP contribution in [0.3, 0.4) is 0 Å². The van der Waals surface area contributed by atoms with E-state index >= 15 is 0 Å². The minimum Gasteiger partial charge on any atom is -0.349 e. The highest BCUT2D eigenvalue weighted by Crippen LogP contribution is 2.28. The third-order valence-corrected chi connectivity index (χ3v) is 6.79. The Labute approximate surface area is 201 Å². The Morgan fingerprint density at radius 3 is 2.59 bits per heavy atom. The minimum absolute atomic E-state index is 0.125. The predicted molar refractivity (Wildman–Crippen MR) is 139 cm³/mol. The molecule has 0 aliphatic heterocycles. The van der Waals surface area contributed by atoms with Crippen molar-refractivity contribution in [2.45, 2.75) is 25.9 Å². The molecule has 1 amide bonds. The summed E-state index contributed by atoms with van der Waals surface area (Å²) in [7, 11) is 0. The molecule has 6 nitrogen and oxygen atoms in total. The average Bonchev–Trinajstić information content (AvgIpc) is 3.20. The third-order valence-electron chi connectivity index (χ3n) is 5.85. The average molecular weight is 469 g/mol. The standard InChI is InChI=1S/C27H24N4O2S/c1-16-12-13-18(3)22(14-16)31-26(33)25-24(19-9-5-7-11-21(19)29-25)30-27(31)34-15-23(32)28-20-10-6-4-8-17(20)2/h4-14,29H,15H2,1-3H3,(H,28,32). The molecule has 170 valence electrons. The number of para-hydroxylation sites is 2. The van der Waals surface area contributed by atoms with Crippen molar-refractivity contribution in [2.24, 2.45) is 0 Å². The van der Waals surface area contributed by atoms with Gasteiger partial charge < -0.3 is 10.3 Å². The van der Waals surface area contributed by atoms with Gasteiger partial charge in [0.2, 0.25) is 5.91 Å². The monoisotopic (exact) mass is 468 g/mol. The number of fused-ring (bicyclic) bond motifs is 3. The summed E-state index contributed by atoms with van der Waals surface area (Å²) in [6.45, 7) is 5.91. The zero-order chi connectivity index (χ0) is 23.8. The molecule has 2 aromatic heterocycles. The van der Waals surface area contributed by atoms with Gasteiger partial charge in [0, 0.05) is 16.6 Å². The van der Waals surface area contributed by atoms with Crippen LogP contribution in [0.25, 0.3) is 27.6 Å². The third kappa shape index (κ3) is 3.99. The van der Waals surface area contributed by atoms with Crippen LogP contribution in [0.5, 0.6) is 0 Å². The van der Waals surface area contributed by atoms with Gasteiger partial charge in [0.05, 0.1) is 11.4 Å². The summed E-state index contributed by atoms with van der Waals surface area (Å²) >= 11 is 1.26. The fourth-order valence-corrected chi connectivity index (χ4v) is 4.84. The number of carbonyl (C=O) groups excluding carboxylic acids is 1. The second kappa shape index (κ2) is 8.83. The van der Waals surface area contributed by atoms with Gasteiger partial charge in [0.25, 0.3) is 5.56 Å². The lowest BCUT2D eigenvalue weighted by molar-refractivity contribution is -0.113. The lowest BCUT2D eigenvalue weighted by Gasteiger charge is -2.15. The van der Waals surface area contributed by atoms with E-state index in [0.717, 1.165) is 39.0 Å². The fraction of sp³-hybridized carbons (Fsp3) is 0.148. The number of thioether (sulfide) groups is 1. The first kappa shape index (κ1) is 22.0. The molecule has 0 aliphatic rings. The number of aryl methyl sites for hydroxylation is 3. The van der Waals surface area contributed by atoms with E-state index in [1.54, 1.807) is 4.57 Å². The SMILES string of the molecule is Cc1ccc(C)c(-n2c(SCC(=O)Nc3ccccc3C)nc3c([nH]c4ccccc43)c2=O)c1. The normalized spacial score (nSPS) is 11.3. The minimum atomic E-state index is -0.184. The summed E-state index contributed by atoms with van der Waals surface area (Å²) in [4.78, 5) is 34.6. The van der Waals surface area contributed by atoms with Crippen molar-refractivity contribution in [3.8, 4) is 5.69 Å². The quantitative estimate of drug-likeness (QED) is 0.263. The molecule has 7 heteroatoms. The molecule has 0 saturated carbocycles. The fourth-order valence-electron chi connectivity index (χ4n) is 4.04. The molecule has 0 fully saturated rings. The number of hydrogen-bond acceptors (Lipinski definition) is 4. The Hall–Kier alpha value is -3.84. The Morgan fingerprint density at radius 1 is 1.00 bits per heavy atom. The molecule has 5 aromatic rings. The maximum absolute atomic E-state index is 13.7. The number of nitrogens with one attached hydrogen (secondary N) is 2. The summed E-state index contributed by atoms with van der Waals surface area (Å²) < 4.78 is 1.62. The van der Waals surface area contributed by atoms with Crippen molar-refractivity contribution >= 4 is 45.3 Å². The highest BCUT2D eigenvalue weighted by molar-refractivity contribution is 7.99. The van der Waals surface area contributed by atoms with Crippen LogP contribution in [0.2, 0.25) is 0 Å². The molecule has 34 heavy (non-hydrogen) atoms. The molecule has 0 spiro atoms. The summed E-state index contributed by atoms with van der Waals surface area (Å²) in [5.74, 6) is -0.0282. The number of amides is 1. The summed E-state index contributed by atoms with van der Waals surface area (Å²) in [5.41, 5.74) is 6.27. The van der Waals surface area contributed by atoms with Crippen molar-refractivity contribution in [3.05, 3.63) is 93.8 Å². The molecule has 3 aromatic carbocycles. The molecule has 2 N–H and O–H groups in total. The molecular formula is C27H24N4O2S. The van der Waals surface area contributed by atoms with Crippen LogP contribution < -0.4 is 10.9 Å². The van der Waals surface area contributed by atoms with Crippen LogP contribution in [0.15, 0.2) is 76.7 Å². The number of benzene rings is 3. The Kier molecular flexibility index (Phi) is 5.71. The Balaban J connectivity index is 1.61. The zero-order valence-corrected chi connectivity index (χ0v) is 20.0. The summed E-state index contributed by atoms with van der Waals surface area (Å²) in [5, 5.41) is 4.32. The largest absolute Gasteiger partial charge is 0.349 e. The smallest absolute Gasteiger partial charge is 0.283 e. The van der Waals surface area contributed by atoms with Crippen molar-refractivity contribution in [2.75, 3.05) is 11.1 Å². The van der Waals surface area contributed by atoms with E-state index in [-0.39, 0.29) is 17.2 Å². The summed E-state index contributed by atoms with van der Waals surface area (Å²) in [6.07, 6.45) is 0. The molecule has 5 rings (SSSR count). The van der Waals surface area contributed by atoms with Gasteiger partial charge >= 0.3 is 0 Å². The molecule has 2 heterocycles. The molecule has 0 bridgehead atoms. The van der Waals surface area contributed by atoms with E-state index in [0.29, 0.717) is 16.2 Å². The van der Waals surface area contributed by atoms with E-state index in [9.17, 15) is 9.59 Å². The Morgan fingerprint density at radius 2 is 1.76 bits per heavy atom. The highest BCUT2D eigenvalue weighted by atomic mass is 32.2. The van der Waals surface area contributed by atoms with Crippen LogP contribution in [-0.2, 0) is 4.79 Å². The predicted octanol–water partition coefficient (Wildman–Crippen LogP) is 5.52. The lowest BCUT2D eigenvalue weighted by Crippen LogP contribution is -2.23. The first-order valence-corrected chi connectivity index (χ1v) is 12.0. The van der Waals surface area contributed by atoms with Crippen LogP contribution in [0.1, 0.15) is 16.7 Å². The highest BCUT2D eigenvalue weighted by Gasteiger charge is 2.19. The van der Waals surface area contributed by atoms with Crippen molar-refractivity contribution in [3.63, 3.8) is 0 Å². The van der Waals surface area contributed by atoms with E-state index in [2.05, 4.69) is 10.3 Å². The number of nitrogens with zero attached hydrogens (tertiary/aromatic N) is 2. The Bertz CT molecular complexity index is 1620. The molecule has 0 unspecified atom stereocenters. The molecule has 0 saturated heterocycles. The second-order valence-corrected chi connectivity index (χ2v) is 9.31. The number of aromatic nitrogens is 3. The second-order valence-electron chi connectivity index (χ2n) is 8.37. The van der Waals surface area contributed by atoms with Crippen molar-refractivity contribution in [1.29, 1.82) is 0 Å². The lowest BCUT2D eigenvalue weighted by atomic mass is 10.1. The number of anilines is 1. The van der Waals surface area contributed by atoms with Gasteiger partial charge in [-0.05, 0) is 55.7 Å². The first-order chi connectivity index (χ1) is 16.4. The van der Waals surface area contributed by atoms with Gasteiger partial charge in [-0.25, -0.2) is 4.98 Å². The maximum Gasteiger partial charge on any atom is 0.283 e. The van der Waals surface area contributed by atoms with E-state index in [1.807, 2.05) is 87.5 Å². The number of rotatable bonds is 5. The van der Waals surface area contributed by atoms with Crippen molar-refractivity contribution < 1.29 is 4.79 Å². The first-order valence-electron chi connectivity index (χ1n) is 11.0. The maximum atomic E-state index is 13.7. The van der Waals surface area contributed by atoms with Crippen LogP contribution in [-0.4, -0.2) is 26.2 Å². The zero-order valence-electron chi connectivity index (χ0n) is 19.2. The molecule has 0 aliphatic carbocycles. The number of carbonyl (C=O) groups is 1. The van der Waals surface area contributed by atoms with E-state index in [1.165, 1.54) is 11.8 Å². The van der Waals surface area contributed by atoms with Crippen LogP contribution >= 0.6 is 11.8 Å². The topological polar surface area (TPSA) is 79.8 Å². The van der Waals surface area contributed by atoms with Gasteiger partial charge in [-0.2, -0.15) is 0 Å². The van der Waals surface area contributed by atoms with Gasteiger partial charge in [0.15, 0.2) is 5.16 Å². The number of H-pyrrole nitrogens is 1. The van der Waals surface area contributed by atoms with E-state index in [4.69, 9.17) is 4.98 Å². The number of hydrogen-bond donors (Lipinski definition) is 2. The van der Waals surface area contributed by atoms with Gasteiger partial charge in [0.1, 0.15) is 11.0 Å². The van der Waals surface area contributed by atoms with E-state index < -0.39 is 0 Å². The van der Waals surface area contributed by atoms with Gasteiger partial charge in [-0.3, -0.25) is 14.2 Å². The van der Waals surface area contributed by atoms with Crippen molar-refractivity contribution in [1.82, 2.24) is 14.5 Å². The number of aromatic amines is 1. The molecule has 0 atom stereocenters.